The van der Waals surface area contributed by atoms with Gasteiger partial charge in [0.15, 0.2) is 0 Å². The third kappa shape index (κ3) is 4.74. The minimum absolute atomic E-state index is 0.0573. The highest BCUT2D eigenvalue weighted by Crippen LogP contribution is 2.40. The summed E-state index contributed by atoms with van der Waals surface area (Å²) in [5.41, 5.74) is 0.0983. The van der Waals surface area contributed by atoms with Crippen molar-refractivity contribution in [3.8, 4) is 5.75 Å². The van der Waals surface area contributed by atoms with E-state index in [9.17, 15) is 14.7 Å². The van der Waals surface area contributed by atoms with Crippen LogP contribution in [0.5, 0.6) is 5.75 Å². The number of methoxy groups -OCH3 is 1. The lowest BCUT2D eigenvalue weighted by atomic mass is 9.71. The molecule has 5 nitrogen and oxygen atoms in total. The van der Waals surface area contributed by atoms with Crippen molar-refractivity contribution >= 4 is 11.9 Å². The molecule has 0 aliphatic heterocycles. The van der Waals surface area contributed by atoms with Gasteiger partial charge in [-0.2, -0.15) is 0 Å². The topological polar surface area (TPSA) is 75.6 Å². The van der Waals surface area contributed by atoms with Gasteiger partial charge in [-0.15, -0.1) is 0 Å². The first-order valence-corrected chi connectivity index (χ1v) is 9.05. The Hall–Kier alpha value is -2.04. The molecule has 0 heterocycles. The summed E-state index contributed by atoms with van der Waals surface area (Å²) in [5, 5.41) is 12.7. The number of ether oxygens (including phenoxy) is 1. The molecule has 1 amide bonds. The van der Waals surface area contributed by atoms with Crippen LogP contribution in [-0.4, -0.2) is 24.1 Å². The lowest BCUT2D eigenvalue weighted by molar-refractivity contribution is -0.154. The Morgan fingerprint density at radius 1 is 1.16 bits per heavy atom. The molecule has 138 valence electrons. The molecule has 0 bridgehead atoms. The van der Waals surface area contributed by atoms with Gasteiger partial charge in [0.05, 0.1) is 18.6 Å². The van der Waals surface area contributed by atoms with E-state index < -0.39 is 11.4 Å². The average molecular weight is 347 g/mol. The number of carbonyl (C=O) groups excluding carboxylic acids is 1. The Balaban J connectivity index is 2.10. The normalized spacial score (nSPS) is 17.8. The first-order chi connectivity index (χ1) is 11.9. The van der Waals surface area contributed by atoms with Crippen LogP contribution in [0.25, 0.3) is 0 Å². The van der Waals surface area contributed by atoms with E-state index in [2.05, 4.69) is 5.32 Å². The molecule has 1 unspecified atom stereocenters. The summed E-state index contributed by atoms with van der Waals surface area (Å²) in [7, 11) is 1.62. The van der Waals surface area contributed by atoms with Crippen molar-refractivity contribution in [2.45, 2.75) is 58.4 Å². The summed E-state index contributed by atoms with van der Waals surface area (Å²) in [4.78, 5) is 24.4. The Bertz CT molecular complexity index is 588. The van der Waals surface area contributed by atoms with Crippen LogP contribution in [0.15, 0.2) is 24.3 Å². The molecule has 0 aromatic heterocycles. The highest BCUT2D eigenvalue weighted by Gasteiger charge is 2.41. The lowest BCUT2D eigenvalue weighted by Gasteiger charge is -2.33. The minimum atomic E-state index is -0.899. The highest BCUT2D eigenvalue weighted by atomic mass is 16.5. The molecule has 1 aliphatic carbocycles. The van der Waals surface area contributed by atoms with E-state index in [0.29, 0.717) is 12.8 Å². The highest BCUT2D eigenvalue weighted by molar-refractivity contribution is 5.85. The largest absolute Gasteiger partial charge is 0.497 e. The van der Waals surface area contributed by atoms with Gasteiger partial charge < -0.3 is 15.2 Å². The van der Waals surface area contributed by atoms with E-state index in [4.69, 9.17) is 4.74 Å². The van der Waals surface area contributed by atoms with Crippen molar-refractivity contribution in [1.29, 1.82) is 0 Å². The van der Waals surface area contributed by atoms with Gasteiger partial charge in [-0.25, -0.2) is 0 Å². The molecule has 25 heavy (non-hydrogen) atoms. The van der Waals surface area contributed by atoms with E-state index in [1.54, 1.807) is 7.11 Å². The second kappa shape index (κ2) is 8.37. The number of nitrogens with one attached hydrogen (secondary N) is 1. The Kier molecular flexibility index (Phi) is 6.45. The van der Waals surface area contributed by atoms with Crippen LogP contribution in [0.4, 0.5) is 0 Å². The van der Waals surface area contributed by atoms with Crippen LogP contribution in [-0.2, 0) is 9.59 Å². The molecule has 1 atom stereocenters. The summed E-state index contributed by atoms with van der Waals surface area (Å²) in [6.45, 7) is 4.09. The predicted octanol–water partition coefficient (Wildman–Crippen LogP) is 3.93. The Labute approximate surface area is 149 Å². The SMILES string of the molecule is COc1ccc(C(NC(=O)CC2(C(=O)O)CCCCC2)C(C)C)cc1. The van der Waals surface area contributed by atoms with Gasteiger partial charge in [0.2, 0.25) is 5.91 Å². The average Bonchev–Trinajstić information content (AvgIpc) is 2.60. The van der Waals surface area contributed by atoms with Crippen LogP contribution in [0.3, 0.4) is 0 Å². The maximum Gasteiger partial charge on any atom is 0.310 e. The van der Waals surface area contributed by atoms with Gasteiger partial charge in [-0.3, -0.25) is 9.59 Å². The standard InChI is InChI=1S/C20H29NO4/c1-14(2)18(15-7-9-16(25-3)10-8-15)21-17(22)13-20(19(23)24)11-5-4-6-12-20/h7-10,14,18H,4-6,11-13H2,1-3H3,(H,21,22)(H,23,24). The molecule has 1 aromatic carbocycles. The fourth-order valence-electron chi connectivity index (χ4n) is 3.67. The molecule has 0 saturated heterocycles. The number of carboxylic acids is 1. The molecule has 1 aliphatic rings. The number of carbonyl (C=O) groups is 2. The van der Waals surface area contributed by atoms with Crippen LogP contribution >= 0.6 is 0 Å². The maximum absolute atomic E-state index is 12.6. The fraction of sp³-hybridized carbons (Fsp3) is 0.600. The summed E-state index contributed by atoms with van der Waals surface area (Å²) in [6.07, 6.45) is 4.05. The van der Waals surface area contributed by atoms with Crippen molar-refractivity contribution < 1.29 is 19.4 Å². The van der Waals surface area contributed by atoms with Gasteiger partial charge in [0.25, 0.3) is 0 Å². The molecular weight excluding hydrogens is 318 g/mol. The number of amides is 1. The molecule has 1 aromatic rings. The monoisotopic (exact) mass is 347 g/mol. The summed E-state index contributed by atoms with van der Waals surface area (Å²) in [5.74, 6) is -0.0548. The third-order valence-corrected chi connectivity index (χ3v) is 5.22. The number of aliphatic carboxylic acids is 1. The third-order valence-electron chi connectivity index (χ3n) is 5.22. The van der Waals surface area contributed by atoms with E-state index in [1.165, 1.54) is 0 Å². The van der Waals surface area contributed by atoms with E-state index in [1.807, 2.05) is 38.1 Å². The fourth-order valence-corrected chi connectivity index (χ4v) is 3.67. The molecule has 0 spiro atoms. The first-order valence-electron chi connectivity index (χ1n) is 9.05. The van der Waals surface area contributed by atoms with Gasteiger partial charge in [0, 0.05) is 6.42 Å². The summed E-state index contributed by atoms with van der Waals surface area (Å²) >= 11 is 0. The second-order valence-electron chi connectivity index (χ2n) is 7.39. The first kappa shape index (κ1) is 19.3. The predicted molar refractivity (Wildman–Crippen MR) is 96.5 cm³/mol. The van der Waals surface area contributed by atoms with Crippen LogP contribution in [0, 0.1) is 11.3 Å². The molecular formula is C20H29NO4. The Morgan fingerprint density at radius 3 is 2.24 bits per heavy atom. The van der Waals surface area contributed by atoms with E-state index >= 15 is 0 Å². The Morgan fingerprint density at radius 2 is 1.76 bits per heavy atom. The molecule has 2 N–H and O–H groups in total. The zero-order valence-corrected chi connectivity index (χ0v) is 15.4. The van der Waals surface area contributed by atoms with Crippen molar-refractivity contribution in [2.75, 3.05) is 7.11 Å². The zero-order valence-electron chi connectivity index (χ0n) is 15.4. The van der Waals surface area contributed by atoms with Crippen molar-refractivity contribution in [1.82, 2.24) is 5.32 Å². The quantitative estimate of drug-likeness (QED) is 0.783. The van der Waals surface area contributed by atoms with Crippen LogP contribution < -0.4 is 10.1 Å². The lowest BCUT2D eigenvalue weighted by Crippen LogP contribution is -2.41. The number of rotatable bonds is 7. The van der Waals surface area contributed by atoms with Gasteiger partial charge >= 0.3 is 5.97 Å². The maximum atomic E-state index is 12.6. The summed E-state index contributed by atoms with van der Waals surface area (Å²) in [6, 6.07) is 7.48. The molecule has 0 radical (unpaired) electrons. The molecule has 1 fully saturated rings. The molecule has 2 rings (SSSR count). The van der Waals surface area contributed by atoms with Gasteiger partial charge in [0.1, 0.15) is 5.75 Å². The minimum Gasteiger partial charge on any atom is -0.497 e. The van der Waals surface area contributed by atoms with Crippen LogP contribution in [0.1, 0.15) is 64.0 Å². The van der Waals surface area contributed by atoms with Crippen molar-refractivity contribution in [3.63, 3.8) is 0 Å². The van der Waals surface area contributed by atoms with E-state index in [-0.39, 0.29) is 24.3 Å². The molecule has 5 heteroatoms. The number of carboxylic acid groups (broad SMARTS) is 1. The zero-order chi connectivity index (χ0) is 18.4. The number of benzene rings is 1. The number of hydrogen-bond donors (Lipinski definition) is 2. The van der Waals surface area contributed by atoms with E-state index in [0.717, 1.165) is 30.6 Å². The van der Waals surface area contributed by atoms with Crippen molar-refractivity contribution in [2.24, 2.45) is 11.3 Å². The van der Waals surface area contributed by atoms with Crippen LogP contribution in [0.2, 0.25) is 0 Å². The second-order valence-corrected chi connectivity index (χ2v) is 7.39. The van der Waals surface area contributed by atoms with Gasteiger partial charge in [-0.1, -0.05) is 45.2 Å². The van der Waals surface area contributed by atoms with Crippen molar-refractivity contribution in [3.05, 3.63) is 29.8 Å². The summed E-state index contributed by atoms with van der Waals surface area (Å²) < 4.78 is 5.18. The van der Waals surface area contributed by atoms with Gasteiger partial charge in [-0.05, 0) is 36.5 Å². The smallest absolute Gasteiger partial charge is 0.310 e. The number of hydrogen-bond acceptors (Lipinski definition) is 3. The molecule has 1 saturated carbocycles.